The first-order valence-electron chi connectivity index (χ1n) is 9.07. The molecule has 1 heterocycles. The number of rotatable bonds is 5. The second-order valence-corrected chi connectivity index (χ2v) is 8.60. The molecule has 1 aromatic rings. The van der Waals surface area contributed by atoms with Gasteiger partial charge in [-0.15, -0.1) is 0 Å². The summed E-state index contributed by atoms with van der Waals surface area (Å²) < 4.78 is 0. The van der Waals surface area contributed by atoms with Crippen molar-refractivity contribution in [2.24, 2.45) is 16.0 Å². The van der Waals surface area contributed by atoms with Gasteiger partial charge < -0.3 is 15.1 Å². The molecule has 2 fully saturated rings. The summed E-state index contributed by atoms with van der Waals surface area (Å²) in [4.78, 5) is 31.3. The Morgan fingerprint density at radius 2 is 2.00 bits per heavy atom. The molecule has 1 aliphatic carbocycles. The number of nitrogens with zero attached hydrogens (tertiary/aromatic N) is 2. The third-order valence-electron chi connectivity index (χ3n) is 5.21. The summed E-state index contributed by atoms with van der Waals surface area (Å²) in [6.07, 6.45) is 4.27. The number of anilines is 1. The molecule has 1 aromatic carbocycles. The van der Waals surface area contributed by atoms with Crippen molar-refractivity contribution in [3.63, 3.8) is 0 Å². The fourth-order valence-corrected chi connectivity index (χ4v) is 4.71. The van der Waals surface area contributed by atoms with Crippen molar-refractivity contribution in [2.75, 3.05) is 18.5 Å². The number of amides is 2. The van der Waals surface area contributed by atoms with Gasteiger partial charge >= 0.3 is 0 Å². The van der Waals surface area contributed by atoms with Gasteiger partial charge in [-0.25, -0.2) is 0 Å². The van der Waals surface area contributed by atoms with Crippen LogP contribution < -0.4 is 5.32 Å². The van der Waals surface area contributed by atoms with E-state index in [9.17, 15) is 9.59 Å². The summed E-state index contributed by atoms with van der Waals surface area (Å²) in [6.45, 7) is 7.46. The van der Waals surface area contributed by atoms with E-state index in [1.807, 2.05) is 23.1 Å². The summed E-state index contributed by atoms with van der Waals surface area (Å²) in [5.74, 6) is -0.452. The molecule has 1 N–H and O–H groups in total. The van der Waals surface area contributed by atoms with Crippen molar-refractivity contribution in [3.8, 4) is 0 Å². The van der Waals surface area contributed by atoms with Crippen molar-refractivity contribution in [3.05, 3.63) is 30.3 Å². The highest BCUT2D eigenvalue weighted by Crippen LogP contribution is 2.52. The molecule has 0 radical (unpaired) electrons. The Labute approximate surface area is 154 Å². The zero-order chi connectivity index (χ0) is 18.8. The van der Waals surface area contributed by atoms with E-state index in [4.69, 9.17) is 4.84 Å². The Bertz CT molecular complexity index is 702. The van der Waals surface area contributed by atoms with Crippen molar-refractivity contribution >= 4 is 23.7 Å². The van der Waals surface area contributed by atoms with Gasteiger partial charge in [-0.3, -0.25) is 9.59 Å². The van der Waals surface area contributed by atoms with E-state index in [1.54, 1.807) is 12.1 Å². The molecule has 2 atom stereocenters. The van der Waals surface area contributed by atoms with Crippen LogP contribution in [-0.4, -0.2) is 42.1 Å². The van der Waals surface area contributed by atoms with Gasteiger partial charge in [0.15, 0.2) is 6.61 Å². The highest BCUT2D eigenvalue weighted by Gasteiger charge is 2.50. The van der Waals surface area contributed by atoms with Crippen LogP contribution in [0.15, 0.2) is 35.5 Å². The number of hydrogen-bond acceptors (Lipinski definition) is 4. The summed E-state index contributed by atoms with van der Waals surface area (Å²) >= 11 is 0. The maximum Gasteiger partial charge on any atom is 0.270 e. The zero-order valence-corrected chi connectivity index (χ0v) is 15.7. The maximum atomic E-state index is 12.5. The normalized spacial score (nSPS) is 26.7. The van der Waals surface area contributed by atoms with Crippen LogP contribution in [-0.2, 0) is 14.4 Å². The van der Waals surface area contributed by atoms with Crippen molar-refractivity contribution in [1.82, 2.24) is 4.90 Å². The van der Waals surface area contributed by atoms with Gasteiger partial charge in [0.2, 0.25) is 0 Å². The topological polar surface area (TPSA) is 71.0 Å². The fourth-order valence-electron chi connectivity index (χ4n) is 4.71. The molecule has 26 heavy (non-hydrogen) atoms. The van der Waals surface area contributed by atoms with Gasteiger partial charge in [0.05, 0.1) is 0 Å². The van der Waals surface area contributed by atoms with Crippen LogP contribution in [0, 0.1) is 10.8 Å². The van der Waals surface area contributed by atoms with E-state index >= 15 is 0 Å². The predicted molar refractivity (Wildman–Crippen MR) is 101 cm³/mol. The van der Waals surface area contributed by atoms with E-state index in [0.717, 1.165) is 32.0 Å². The third-order valence-corrected chi connectivity index (χ3v) is 5.21. The minimum absolute atomic E-state index is 0.0583. The van der Waals surface area contributed by atoms with Crippen LogP contribution in [0.4, 0.5) is 5.69 Å². The SMILES string of the molecule is CC1(C)C[C@H]2C[C@](C)(CN2C(=O)CO/N=C\C(=O)Nc2ccccc2)C1. The lowest BCUT2D eigenvalue weighted by molar-refractivity contribution is -0.137. The van der Waals surface area contributed by atoms with Crippen molar-refractivity contribution in [1.29, 1.82) is 0 Å². The van der Waals surface area contributed by atoms with Crippen molar-refractivity contribution < 1.29 is 14.4 Å². The average Bonchev–Trinajstić information content (AvgIpc) is 2.81. The Balaban J connectivity index is 1.47. The molecule has 2 aliphatic rings. The Morgan fingerprint density at radius 1 is 1.27 bits per heavy atom. The van der Waals surface area contributed by atoms with Crippen LogP contribution in [0.5, 0.6) is 0 Å². The maximum absolute atomic E-state index is 12.5. The smallest absolute Gasteiger partial charge is 0.270 e. The number of hydrogen-bond donors (Lipinski definition) is 1. The number of carbonyl (C=O) groups excluding carboxylic acids is 2. The molecular weight excluding hydrogens is 330 g/mol. The zero-order valence-electron chi connectivity index (χ0n) is 15.7. The second-order valence-electron chi connectivity index (χ2n) is 8.60. The van der Waals surface area contributed by atoms with Gasteiger partial charge in [-0.1, -0.05) is 44.1 Å². The number of fused-ring (bicyclic) bond motifs is 2. The molecule has 0 aromatic heterocycles. The van der Waals surface area contributed by atoms with Gasteiger partial charge in [0.1, 0.15) is 6.21 Å². The van der Waals surface area contributed by atoms with Gasteiger partial charge in [0, 0.05) is 18.3 Å². The first-order valence-corrected chi connectivity index (χ1v) is 9.07. The standard InChI is InChI=1S/C20H27N3O3/c1-19(2)9-16-10-20(3,13-19)14-23(16)18(25)12-26-21-11-17(24)22-15-7-5-4-6-8-15/h4-8,11,16H,9-10,12-14H2,1-3H3,(H,22,24)/b21-11-/t16-,20-/m0/s1. The average molecular weight is 357 g/mol. The van der Waals surface area contributed by atoms with Gasteiger partial charge in [-0.2, -0.15) is 0 Å². The number of carbonyl (C=O) groups is 2. The number of likely N-dealkylation sites (tertiary alicyclic amines) is 1. The van der Waals surface area contributed by atoms with E-state index in [0.29, 0.717) is 5.69 Å². The molecule has 0 spiro atoms. The van der Waals surface area contributed by atoms with Gasteiger partial charge in [0.25, 0.3) is 11.8 Å². The number of benzene rings is 1. The molecule has 1 saturated heterocycles. The van der Waals surface area contributed by atoms with E-state index in [-0.39, 0.29) is 29.4 Å². The molecule has 1 saturated carbocycles. The molecule has 3 rings (SSSR count). The highest BCUT2D eigenvalue weighted by atomic mass is 16.6. The first kappa shape index (κ1) is 18.4. The molecule has 6 nitrogen and oxygen atoms in total. The van der Waals surface area contributed by atoms with Crippen molar-refractivity contribution in [2.45, 2.75) is 46.1 Å². The van der Waals surface area contributed by atoms with Crippen LogP contribution in [0.2, 0.25) is 0 Å². The second kappa shape index (κ2) is 7.09. The Hall–Kier alpha value is -2.37. The molecular formula is C20H27N3O3. The van der Waals surface area contributed by atoms with Crippen LogP contribution in [0.25, 0.3) is 0 Å². The number of para-hydroxylation sites is 1. The fraction of sp³-hybridized carbons (Fsp3) is 0.550. The summed E-state index contributed by atoms with van der Waals surface area (Å²) in [7, 11) is 0. The molecule has 6 heteroatoms. The highest BCUT2D eigenvalue weighted by molar-refractivity contribution is 6.31. The summed E-state index contributed by atoms with van der Waals surface area (Å²) in [5, 5.41) is 6.29. The Morgan fingerprint density at radius 3 is 2.73 bits per heavy atom. The summed E-state index contributed by atoms with van der Waals surface area (Å²) in [6, 6.07) is 9.37. The molecule has 0 unspecified atom stereocenters. The quantitative estimate of drug-likeness (QED) is 0.650. The number of oxime groups is 1. The third kappa shape index (κ3) is 4.42. The summed E-state index contributed by atoms with van der Waals surface area (Å²) in [5.41, 5.74) is 1.14. The van der Waals surface area contributed by atoms with Crippen LogP contribution in [0.3, 0.4) is 0 Å². The Kier molecular flexibility index (Phi) is 5.03. The lowest BCUT2D eigenvalue weighted by Gasteiger charge is -2.39. The minimum Gasteiger partial charge on any atom is -0.386 e. The largest absolute Gasteiger partial charge is 0.386 e. The van der Waals surface area contributed by atoms with Crippen LogP contribution in [0.1, 0.15) is 40.0 Å². The number of nitrogens with one attached hydrogen (secondary N) is 1. The monoisotopic (exact) mass is 357 g/mol. The molecule has 2 amide bonds. The van der Waals surface area contributed by atoms with E-state index < -0.39 is 5.91 Å². The van der Waals surface area contributed by atoms with E-state index in [1.165, 1.54) is 0 Å². The predicted octanol–water partition coefficient (Wildman–Crippen LogP) is 3.05. The lowest BCUT2D eigenvalue weighted by Crippen LogP contribution is -2.39. The lowest BCUT2D eigenvalue weighted by atomic mass is 9.65. The van der Waals surface area contributed by atoms with E-state index in [2.05, 4.69) is 31.2 Å². The van der Waals surface area contributed by atoms with Crippen LogP contribution >= 0.6 is 0 Å². The molecule has 2 bridgehead atoms. The van der Waals surface area contributed by atoms with Gasteiger partial charge in [-0.05, 0) is 42.2 Å². The minimum atomic E-state index is -0.394. The molecule has 140 valence electrons. The first-order chi connectivity index (χ1) is 12.3. The molecule has 1 aliphatic heterocycles.